The molecule has 1 aromatic carbocycles. The number of carbonyl (C=O) groups excluding carboxylic acids is 2. The third kappa shape index (κ3) is 3.13. The van der Waals surface area contributed by atoms with Gasteiger partial charge in [0.2, 0.25) is 0 Å². The normalized spacial score (nSPS) is 14.1. The summed E-state index contributed by atoms with van der Waals surface area (Å²) in [5.74, 6) is -0.809. The van der Waals surface area contributed by atoms with Crippen LogP contribution < -0.4 is 0 Å². The van der Waals surface area contributed by atoms with Crippen molar-refractivity contribution in [1.82, 2.24) is 19.9 Å². The van der Waals surface area contributed by atoms with Crippen LogP contribution in [-0.2, 0) is 9.53 Å². The van der Waals surface area contributed by atoms with E-state index in [1.807, 2.05) is 30.3 Å². The van der Waals surface area contributed by atoms with Crippen LogP contribution in [0.5, 0.6) is 0 Å². The van der Waals surface area contributed by atoms with E-state index in [1.165, 1.54) is 11.0 Å². The van der Waals surface area contributed by atoms with Crippen molar-refractivity contribution in [2.24, 2.45) is 0 Å². The summed E-state index contributed by atoms with van der Waals surface area (Å²) in [5.41, 5.74) is 0.827. The van der Waals surface area contributed by atoms with E-state index in [0.717, 1.165) is 31.6 Å². The van der Waals surface area contributed by atoms with E-state index in [1.54, 1.807) is 4.90 Å². The molecule has 7 nitrogen and oxygen atoms in total. The van der Waals surface area contributed by atoms with Crippen LogP contribution in [0.1, 0.15) is 23.3 Å². The molecule has 0 spiro atoms. The molecule has 22 heavy (non-hydrogen) atoms. The lowest BCUT2D eigenvalue weighted by Gasteiger charge is -2.14. The molecule has 0 N–H and O–H groups in total. The highest BCUT2D eigenvalue weighted by Crippen LogP contribution is 2.08. The lowest BCUT2D eigenvalue weighted by Crippen LogP contribution is -2.32. The summed E-state index contributed by atoms with van der Waals surface area (Å²) in [6.07, 6.45) is 3.34. The Morgan fingerprint density at radius 1 is 1.14 bits per heavy atom. The summed E-state index contributed by atoms with van der Waals surface area (Å²) in [6, 6.07) is 9.24. The second kappa shape index (κ2) is 6.38. The minimum absolute atomic E-state index is 0.0816. The van der Waals surface area contributed by atoms with Crippen LogP contribution in [0.2, 0.25) is 0 Å². The zero-order valence-electron chi connectivity index (χ0n) is 12.0. The van der Waals surface area contributed by atoms with Gasteiger partial charge in [0.1, 0.15) is 0 Å². The first-order chi connectivity index (χ1) is 10.7. The van der Waals surface area contributed by atoms with E-state index in [-0.39, 0.29) is 18.2 Å². The van der Waals surface area contributed by atoms with Gasteiger partial charge in [0.25, 0.3) is 5.91 Å². The maximum Gasteiger partial charge on any atom is 0.361 e. The van der Waals surface area contributed by atoms with E-state index in [4.69, 9.17) is 4.74 Å². The predicted octanol–water partition coefficient (Wildman–Crippen LogP) is 1.05. The molecule has 2 heterocycles. The molecule has 1 aliphatic heterocycles. The van der Waals surface area contributed by atoms with Crippen molar-refractivity contribution < 1.29 is 14.3 Å². The fraction of sp³-hybridized carbons (Fsp3) is 0.333. The number of para-hydroxylation sites is 1. The van der Waals surface area contributed by atoms with Gasteiger partial charge in [-0.15, -0.1) is 5.10 Å². The smallest absolute Gasteiger partial charge is 0.361 e. The van der Waals surface area contributed by atoms with Crippen molar-refractivity contribution in [3.05, 3.63) is 42.2 Å². The van der Waals surface area contributed by atoms with Crippen LogP contribution in [0.25, 0.3) is 5.69 Å². The van der Waals surface area contributed by atoms with E-state index >= 15 is 0 Å². The van der Waals surface area contributed by atoms with Crippen molar-refractivity contribution in [2.45, 2.75) is 12.8 Å². The largest absolute Gasteiger partial charge is 0.451 e. The van der Waals surface area contributed by atoms with Gasteiger partial charge in [-0.1, -0.05) is 18.2 Å². The Morgan fingerprint density at radius 3 is 2.59 bits per heavy atom. The molecular weight excluding hydrogens is 284 g/mol. The van der Waals surface area contributed by atoms with Gasteiger partial charge in [-0.05, 0) is 25.0 Å². The number of ether oxygens (including phenoxy) is 1. The van der Waals surface area contributed by atoms with E-state index < -0.39 is 5.97 Å². The SMILES string of the molecule is O=C(OCC(=O)N1CCCC1)c1cnn(-c2ccccc2)n1. The summed E-state index contributed by atoms with van der Waals surface area (Å²) in [6.45, 7) is 1.22. The lowest BCUT2D eigenvalue weighted by molar-refractivity contribution is -0.133. The van der Waals surface area contributed by atoms with Crippen LogP contribution >= 0.6 is 0 Å². The van der Waals surface area contributed by atoms with E-state index in [2.05, 4.69) is 10.2 Å². The maximum absolute atomic E-state index is 11.9. The summed E-state index contributed by atoms with van der Waals surface area (Å²) >= 11 is 0. The molecule has 0 saturated carbocycles. The topological polar surface area (TPSA) is 77.3 Å². The molecule has 0 aliphatic carbocycles. The third-order valence-corrected chi connectivity index (χ3v) is 3.47. The van der Waals surface area contributed by atoms with Crippen LogP contribution in [0, 0.1) is 0 Å². The molecule has 0 unspecified atom stereocenters. The Hall–Kier alpha value is -2.70. The van der Waals surface area contributed by atoms with Crippen molar-refractivity contribution in [3.8, 4) is 5.69 Å². The van der Waals surface area contributed by atoms with E-state index in [9.17, 15) is 9.59 Å². The fourth-order valence-electron chi connectivity index (χ4n) is 2.30. The Bertz CT molecular complexity index is 662. The number of esters is 1. The highest BCUT2D eigenvalue weighted by Gasteiger charge is 2.20. The second-order valence-corrected chi connectivity index (χ2v) is 5.02. The number of carbonyl (C=O) groups is 2. The number of benzene rings is 1. The van der Waals surface area contributed by atoms with Gasteiger partial charge in [-0.25, -0.2) is 4.79 Å². The number of hydrogen-bond acceptors (Lipinski definition) is 5. The standard InChI is InChI=1S/C15H16N4O3/c20-14(18-8-4-5-9-18)11-22-15(21)13-10-16-19(17-13)12-6-2-1-3-7-12/h1-3,6-7,10H,4-5,8-9,11H2. The molecule has 1 amide bonds. The van der Waals surface area contributed by atoms with Crippen LogP contribution in [0.4, 0.5) is 0 Å². The molecule has 3 rings (SSSR count). The van der Waals surface area contributed by atoms with Crippen LogP contribution in [0.15, 0.2) is 36.5 Å². The van der Waals surface area contributed by atoms with Gasteiger partial charge in [0.05, 0.1) is 11.9 Å². The molecule has 7 heteroatoms. The minimum atomic E-state index is -0.644. The molecule has 1 fully saturated rings. The highest BCUT2D eigenvalue weighted by atomic mass is 16.5. The lowest BCUT2D eigenvalue weighted by atomic mass is 10.3. The molecule has 114 valence electrons. The summed E-state index contributed by atoms with van der Waals surface area (Å²) in [4.78, 5) is 26.8. The first-order valence-corrected chi connectivity index (χ1v) is 7.17. The number of amides is 1. The molecule has 2 aromatic rings. The van der Waals surface area contributed by atoms with Gasteiger partial charge in [0.15, 0.2) is 12.3 Å². The fourth-order valence-corrected chi connectivity index (χ4v) is 2.30. The average molecular weight is 300 g/mol. The monoisotopic (exact) mass is 300 g/mol. The maximum atomic E-state index is 11.9. The van der Waals surface area contributed by atoms with Crippen molar-refractivity contribution in [3.63, 3.8) is 0 Å². The quantitative estimate of drug-likeness (QED) is 0.789. The average Bonchev–Trinajstić information content (AvgIpc) is 3.24. The molecule has 1 aromatic heterocycles. The minimum Gasteiger partial charge on any atom is -0.451 e. The van der Waals surface area contributed by atoms with Crippen molar-refractivity contribution in [1.29, 1.82) is 0 Å². The van der Waals surface area contributed by atoms with Crippen molar-refractivity contribution >= 4 is 11.9 Å². The van der Waals surface area contributed by atoms with Crippen molar-refractivity contribution in [2.75, 3.05) is 19.7 Å². The molecule has 0 bridgehead atoms. The molecule has 1 saturated heterocycles. The summed E-state index contributed by atoms with van der Waals surface area (Å²) in [7, 11) is 0. The summed E-state index contributed by atoms with van der Waals surface area (Å²) in [5, 5.41) is 8.08. The zero-order chi connectivity index (χ0) is 15.4. The third-order valence-electron chi connectivity index (χ3n) is 3.47. The van der Waals surface area contributed by atoms with Gasteiger partial charge < -0.3 is 9.64 Å². The number of rotatable bonds is 4. The van der Waals surface area contributed by atoms with E-state index in [0.29, 0.717) is 0 Å². The number of likely N-dealkylation sites (tertiary alicyclic amines) is 1. The Kier molecular flexibility index (Phi) is 4.13. The van der Waals surface area contributed by atoms with Gasteiger partial charge >= 0.3 is 5.97 Å². The second-order valence-electron chi connectivity index (χ2n) is 5.02. The first kappa shape index (κ1) is 14.2. The zero-order valence-corrected chi connectivity index (χ0v) is 12.0. The molecular formula is C15H16N4O3. The highest BCUT2D eigenvalue weighted by molar-refractivity contribution is 5.89. The molecule has 0 radical (unpaired) electrons. The first-order valence-electron chi connectivity index (χ1n) is 7.17. The molecule has 0 atom stereocenters. The number of aromatic nitrogens is 3. The van der Waals surface area contributed by atoms with Crippen LogP contribution in [0.3, 0.4) is 0 Å². The number of nitrogens with zero attached hydrogens (tertiary/aromatic N) is 4. The van der Waals surface area contributed by atoms with Gasteiger partial charge in [0, 0.05) is 13.1 Å². The Balaban J connectivity index is 1.59. The number of hydrogen-bond donors (Lipinski definition) is 0. The van der Waals surface area contributed by atoms with Gasteiger partial charge in [-0.2, -0.15) is 9.90 Å². The molecule has 1 aliphatic rings. The van der Waals surface area contributed by atoms with Gasteiger partial charge in [-0.3, -0.25) is 4.79 Å². The Morgan fingerprint density at radius 2 is 1.86 bits per heavy atom. The summed E-state index contributed by atoms with van der Waals surface area (Å²) < 4.78 is 5.01. The predicted molar refractivity (Wildman–Crippen MR) is 77.5 cm³/mol. The van der Waals surface area contributed by atoms with Crippen LogP contribution in [-0.4, -0.2) is 51.5 Å². The Labute approximate surface area is 127 Å².